The number of carboxylic acids is 1. The molecule has 1 rings (SSSR count). The van der Waals surface area contributed by atoms with Crippen molar-refractivity contribution in [3.8, 4) is 5.75 Å². The summed E-state index contributed by atoms with van der Waals surface area (Å²) < 4.78 is 5.43. The van der Waals surface area contributed by atoms with E-state index in [1.165, 1.54) is 0 Å². The van der Waals surface area contributed by atoms with Crippen LogP contribution in [0.2, 0.25) is 0 Å². The van der Waals surface area contributed by atoms with E-state index in [0.29, 0.717) is 0 Å². The summed E-state index contributed by atoms with van der Waals surface area (Å²) in [5.41, 5.74) is 1.10. The second-order valence-corrected chi connectivity index (χ2v) is 3.34. The van der Waals surface area contributed by atoms with Crippen LogP contribution in [0.1, 0.15) is 18.9 Å². The third kappa shape index (κ3) is 3.47. The first-order valence-electron chi connectivity index (χ1n) is 4.53. The van der Waals surface area contributed by atoms with Crippen molar-refractivity contribution < 1.29 is 14.6 Å². The predicted molar refractivity (Wildman–Crippen MR) is 53.5 cm³/mol. The molecule has 1 unspecified atom stereocenters. The molecule has 1 N–H and O–H groups in total. The van der Waals surface area contributed by atoms with E-state index >= 15 is 0 Å². The van der Waals surface area contributed by atoms with Gasteiger partial charge in [-0.1, -0.05) is 12.1 Å². The molecule has 76 valence electrons. The summed E-state index contributed by atoms with van der Waals surface area (Å²) in [6.07, 6.45) is -0.275. The fourth-order valence-corrected chi connectivity index (χ4v) is 1.21. The van der Waals surface area contributed by atoms with Crippen molar-refractivity contribution in [2.24, 2.45) is 0 Å². The predicted octanol–water partition coefficient (Wildman–Crippen LogP) is 2.24. The lowest BCUT2D eigenvalue weighted by Crippen LogP contribution is -2.16. The summed E-state index contributed by atoms with van der Waals surface area (Å²) in [6.45, 7) is 3.71. The van der Waals surface area contributed by atoms with Gasteiger partial charge in [-0.3, -0.25) is 4.79 Å². The van der Waals surface area contributed by atoms with Crippen LogP contribution in [0, 0.1) is 6.92 Å². The Morgan fingerprint density at radius 1 is 1.57 bits per heavy atom. The number of ether oxygens (including phenoxy) is 1. The molecule has 0 amide bonds. The lowest BCUT2D eigenvalue weighted by molar-refractivity contribution is -0.138. The molecule has 0 bridgehead atoms. The SMILES string of the molecule is Cc1cccc(OC(C)CC(=O)O)c1. The van der Waals surface area contributed by atoms with Gasteiger partial charge in [-0.25, -0.2) is 0 Å². The molecule has 0 saturated carbocycles. The van der Waals surface area contributed by atoms with Crippen LogP contribution >= 0.6 is 0 Å². The van der Waals surface area contributed by atoms with E-state index in [4.69, 9.17) is 9.84 Å². The molecule has 0 spiro atoms. The van der Waals surface area contributed by atoms with E-state index in [1.807, 2.05) is 31.2 Å². The molecule has 1 aromatic carbocycles. The van der Waals surface area contributed by atoms with E-state index in [0.717, 1.165) is 11.3 Å². The van der Waals surface area contributed by atoms with Gasteiger partial charge in [0, 0.05) is 0 Å². The summed E-state index contributed by atoms with van der Waals surface area (Å²) in [6, 6.07) is 7.57. The van der Waals surface area contributed by atoms with E-state index in [-0.39, 0.29) is 12.5 Å². The monoisotopic (exact) mass is 194 g/mol. The molecule has 0 aliphatic carbocycles. The number of benzene rings is 1. The van der Waals surface area contributed by atoms with Crippen molar-refractivity contribution >= 4 is 5.97 Å². The van der Waals surface area contributed by atoms with Gasteiger partial charge in [0.1, 0.15) is 11.9 Å². The third-order valence-electron chi connectivity index (χ3n) is 1.79. The standard InChI is InChI=1S/C11H14O3/c1-8-4-3-5-10(6-8)14-9(2)7-11(12)13/h3-6,9H,7H2,1-2H3,(H,12,13). The van der Waals surface area contributed by atoms with Gasteiger partial charge in [-0.05, 0) is 31.5 Å². The van der Waals surface area contributed by atoms with Gasteiger partial charge in [-0.15, -0.1) is 0 Å². The molecule has 0 saturated heterocycles. The van der Waals surface area contributed by atoms with Crippen LogP contribution in [0.3, 0.4) is 0 Å². The fourth-order valence-electron chi connectivity index (χ4n) is 1.21. The second kappa shape index (κ2) is 4.65. The van der Waals surface area contributed by atoms with Crippen molar-refractivity contribution in [2.75, 3.05) is 0 Å². The minimum absolute atomic E-state index is 0.0218. The van der Waals surface area contributed by atoms with Crippen molar-refractivity contribution in [1.29, 1.82) is 0 Å². The highest BCUT2D eigenvalue weighted by atomic mass is 16.5. The number of hydrogen-bond donors (Lipinski definition) is 1. The number of rotatable bonds is 4. The number of aryl methyl sites for hydroxylation is 1. The zero-order chi connectivity index (χ0) is 10.6. The molecule has 0 aliphatic rings. The first-order valence-corrected chi connectivity index (χ1v) is 4.53. The van der Waals surface area contributed by atoms with Crippen LogP contribution in [-0.2, 0) is 4.79 Å². The van der Waals surface area contributed by atoms with E-state index < -0.39 is 5.97 Å². The zero-order valence-corrected chi connectivity index (χ0v) is 8.36. The van der Waals surface area contributed by atoms with Gasteiger partial charge in [0.25, 0.3) is 0 Å². The Morgan fingerprint density at radius 2 is 2.29 bits per heavy atom. The number of carboxylic acid groups (broad SMARTS) is 1. The van der Waals surface area contributed by atoms with E-state index in [1.54, 1.807) is 6.92 Å². The Labute approximate surface area is 83.3 Å². The van der Waals surface area contributed by atoms with Gasteiger partial charge in [0.05, 0.1) is 6.42 Å². The molecular formula is C11H14O3. The third-order valence-corrected chi connectivity index (χ3v) is 1.79. The maximum Gasteiger partial charge on any atom is 0.307 e. The highest BCUT2D eigenvalue weighted by Crippen LogP contribution is 2.14. The highest BCUT2D eigenvalue weighted by molar-refractivity contribution is 5.67. The highest BCUT2D eigenvalue weighted by Gasteiger charge is 2.08. The Kier molecular flexibility index (Phi) is 3.51. The molecule has 0 radical (unpaired) electrons. The van der Waals surface area contributed by atoms with Crippen LogP contribution < -0.4 is 4.74 Å². The van der Waals surface area contributed by atoms with Crippen LogP contribution in [0.5, 0.6) is 5.75 Å². The average molecular weight is 194 g/mol. The van der Waals surface area contributed by atoms with E-state index in [9.17, 15) is 4.79 Å². The number of aliphatic carboxylic acids is 1. The van der Waals surface area contributed by atoms with Gasteiger partial charge in [0.2, 0.25) is 0 Å². The van der Waals surface area contributed by atoms with Crippen molar-refractivity contribution in [3.05, 3.63) is 29.8 Å². The molecule has 14 heavy (non-hydrogen) atoms. The largest absolute Gasteiger partial charge is 0.490 e. The molecule has 1 atom stereocenters. The van der Waals surface area contributed by atoms with E-state index in [2.05, 4.69) is 0 Å². The maximum atomic E-state index is 10.4. The van der Waals surface area contributed by atoms with Crippen LogP contribution in [-0.4, -0.2) is 17.2 Å². The molecule has 0 heterocycles. The van der Waals surface area contributed by atoms with Crippen LogP contribution in [0.25, 0.3) is 0 Å². The first-order chi connectivity index (χ1) is 6.58. The lowest BCUT2D eigenvalue weighted by Gasteiger charge is -2.12. The molecule has 3 heteroatoms. The topological polar surface area (TPSA) is 46.5 Å². The lowest BCUT2D eigenvalue weighted by atomic mass is 10.2. The van der Waals surface area contributed by atoms with Gasteiger partial charge in [-0.2, -0.15) is 0 Å². The summed E-state index contributed by atoms with van der Waals surface area (Å²) in [5.74, 6) is -0.121. The normalized spacial score (nSPS) is 12.1. The minimum Gasteiger partial charge on any atom is -0.490 e. The number of carbonyl (C=O) groups is 1. The molecule has 0 aliphatic heterocycles. The summed E-state index contributed by atoms with van der Waals surface area (Å²) in [7, 11) is 0. The minimum atomic E-state index is -0.842. The molecule has 0 fully saturated rings. The van der Waals surface area contributed by atoms with Crippen LogP contribution in [0.4, 0.5) is 0 Å². The van der Waals surface area contributed by atoms with Crippen molar-refractivity contribution in [2.45, 2.75) is 26.4 Å². The maximum absolute atomic E-state index is 10.4. The van der Waals surface area contributed by atoms with Crippen molar-refractivity contribution in [3.63, 3.8) is 0 Å². The Morgan fingerprint density at radius 3 is 2.86 bits per heavy atom. The zero-order valence-electron chi connectivity index (χ0n) is 8.36. The van der Waals surface area contributed by atoms with Gasteiger partial charge >= 0.3 is 5.97 Å². The quantitative estimate of drug-likeness (QED) is 0.799. The Hall–Kier alpha value is -1.51. The van der Waals surface area contributed by atoms with Gasteiger partial charge in [0.15, 0.2) is 0 Å². The van der Waals surface area contributed by atoms with Gasteiger partial charge < -0.3 is 9.84 Å². The number of hydrogen-bond acceptors (Lipinski definition) is 2. The summed E-state index contributed by atoms with van der Waals surface area (Å²) in [5, 5.41) is 8.54. The molecular weight excluding hydrogens is 180 g/mol. The Balaban J connectivity index is 2.55. The van der Waals surface area contributed by atoms with Crippen molar-refractivity contribution in [1.82, 2.24) is 0 Å². The molecule has 0 aromatic heterocycles. The summed E-state index contributed by atoms with van der Waals surface area (Å²) >= 11 is 0. The molecule has 1 aromatic rings. The molecule has 3 nitrogen and oxygen atoms in total. The second-order valence-electron chi connectivity index (χ2n) is 3.34. The first kappa shape index (κ1) is 10.6. The average Bonchev–Trinajstić information content (AvgIpc) is 2.01. The fraction of sp³-hybridized carbons (Fsp3) is 0.364. The Bertz CT molecular complexity index is 320. The summed E-state index contributed by atoms with van der Waals surface area (Å²) in [4.78, 5) is 10.4. The van der Waals surface area contributed by atoms with Crippen LogP contribution in [0.15, 0.2) is 24.3 Å². The smallest absolute Gasteiger partial charge is 0.307 e.